The molecule has 0 N–H and O–H groups in total. The summed E-state index contributed by atoms with van der Waals surface area (Å²) < 4.78 is 5.58. The number of amides is 1. The van der Waals surface area contributed by atoms with Crippen LogP contribution in [0.5, 0.6) is 0 Å². The molecule has 0 atom stereocenters. The summed E-state index contributed by atoms with van der Waals surface area (Å²) in [5, 5.41) is 0. The molecule has 0 spiro atoms. The van der Waals surface area contributed by atoms with Gasteiger partial charge in [-0.3, -0.25) is 9.59 Å². The summed E-state index contributed by atoms with van der Waals surface area (Å²) in [7, 11) is 0. The van der Waals surface area contributed by atoms with Crippen molar-refractivity contribution in [1.82, 2.24) is 4.90 Å². The molecule has 0 heterocycles. The van der Waals surface area contributed by atoms with E-state index in [1.165, 1.54) is 4.90 Å². The molecule has 0 aliphatic heterocycles. The molecule has 1 amide bonds. The number of carbonyl (C=O) groups excluding carboxylic acids is 2. The van der Waals surface area contributed by atoms with E-state index in [0.717, 1.165) is 5.56 Å². The van der Waals surface area contributed by atoms with Gasteiger partial charge in [-0.15, -0.1) is 6.58 Å². The number of halogens is 1. The molecule has 4 nitrogen and oxygen atoms in total. The summed E-state index contributed by atoms with van der Waals surface area (Å²) in [6.45, 7) is 7.75. The van der Waals surface area contributed by atoms with Crippen molar-refractivity contribution in [3.63, 3.8) is 0 Å². The Balaban J connectivity index is 2.95. The van der Waals surface area contributed by atoms with Crippen LogP contribution in [-0.2, 0) is 9.53 Å². The zero-order valence-electron chi connectivity index (χ0n) is 11.7. The van der Waals surface area contributed by atoms with Crippen LogP contribution in [0.3, 0.4) is 0 Å². The molecule has 0 bridgehead atoms. The molecule has 0 fully saturated rings. The fraction of sp³-hybridized carbons (Fsp3) is 0.333. The maximum atomic E-state index is 12.5. The minimum Gasteiger partial charge on any atom is -0.465 e. The molecule has 0 saturated carbocycles. The first-order chi connectivity index (χ1) is 9.49. The number of benzene rings is 1. The monoisotopic (exact) mass is 339 g/mol. The quantitative estimate of drug-likeness (QED) is 0.591. The Labute approximate surface area is 127 Å². The van der Waals surface area contributed by atoms with Crippen molar-refractivity contribution in [1.29, 1.82) is 0 Å². The predicted octanol–water partition coefficient (Wildman–Crippen LogP) is 2.95. The van der Waals surface area contributed by atoms with E-state index in [-0.39, 0.29) is 19.0 Å². The number of aryl methyl sites for hydroxylation is 1. The van der Waals surface area contributed by atoms with E-state index in [9.17, 15) is 9.59 Å². The van der Waals surface area contributed by atoms with E-state index in [1.54, 1.807) is 19.1 Å². The SMILES string of the molecule is C=CCN(CC(=O)OCC)C(=O)c1cc(C)ccc1Br. The molecule has 1 aromatic carbocycles. The normalized spacial score (nSPS) is 9.95. The highest BCUT2D eigenvalue weighted by Gasteiger charge is 2.20. The molecule has 108 valence electrons. The molecule has 5 heteroatoms. The minimum absolute atomic E-state index is 0.0843. The van der Waals surface area contributed by atoms with Crippen LogP contribution in [0.25, 0.3) is 0 Å². The third-order valence-electron chi connectivity index (χ3n) is 2.61. The maximum Gasteiger partial charge on any atom is 0.325 e. The molecule has 0 aliphatic rings. The summed E-state index contributed by atoms with van der Waals surface area (Å²) in [6, 6.07) is 5.51. The number of ether oxygens (including phenoxy) is 1. The Morgan fingerprint density at radius 3 is 2.75 bits per heavy atom. The van der Waals surface area contributed by atoms with Gasteiger partial charge in [0.2, 0.25) is 0 Å². The largest absolute Gasteiger partial charge is 0.465 e. The maximum absolute atomic E-state index is 12.5. The lowest BCUT2D eigenvalue weighted by Crippen LogP contribution is -2.36. The van der Waals surface area contributed by atoms with Crippen LogP contribution < -0.4 is 0 Å². The minimum atomic E-state index is -0.425. The first kappa shape index (κ1) is 16.4. The molecule has 1 rings (SSSR count). The van der Waals surface area contributed by atoms with Gasteiger partial charge in [-0.25, -0.2) is 0 Å². The number of rotatable bonds is 6. The van der Waals surface area contributed by atoms with E-state index in [0.29, 0.717) is 16.6 Å². The van der Waals surface area contributed by atoms with Gasteiger partial charge in [-0.1, -0.05) is 17.7 Å². The summed E-state index contributed by atoms with van der Waals surface area (Å²) in [4.78, 5) is 25.4. The zero-order valence-corrected chi connectivity index (χ0v) is 13.3. The van der Waals surface area contributed by atoms with Crippen molar-refractivity contribution >= 4 is 27.8 Å². The first-order valence-electron chi connectivity index (χ1n) is 6.31. The van der Waals surface area contributed by atoms with Crippen molar-refractivity contribution in [3.05, 3.63) is 46.5 Å². The highest BCUT2D eigenvalue weighted by atomic mass is 79.9. The molecule has 0 radical (unpaired) electrons. The molecule has 1 aromatic rings. The van der Waals surface area contributed by atoms with Gasteiger partial charge >= 0.3 is 5.97 Å². The summed E-state index contributed by atoms with van der Waals surface area (Å²) in [5.74, 6) is -0.653. The van der Waals surface area contributed by atoms with Gasteiger partial charge in [-0.2, -0.15) is 0 Å². The Morgan fingerprint density at radius 2 is 2.15 bits per heavy atom. The zero-order chi connectivity index (χ0) is 15.1. The summed E-state index contributed by atoms with van der Waals surface area (Å²) in [6.07, 6.45) is 1.58. The number of hydrogen-bond donors (Lipinski definition) is 0. The van der Waals surface area contributed by atoms with Crippen LogP contribution in [0.1, 0.15) is 22.8 Å². The Kier molecular flexibility index (Phi) is 6.45. The van der Waals surface area contributed by atoms with Crippen molar-refractivity contribution in [2.75, 3.05) is 19.7 Å². The topological polar surface area (TPSA) is 46.6 Å². The third kappa shape index (κ3) is 4.49. The van der Waals surface area contributed by atoms with Gasteiger partial charge in [0.25, 0.3) is 5.91 Å². The van der Waals surface area contributed by atoms with E-state index in [4.69, 9.17) is 4.74 Å². The van der Waals surface area contributed by atoms with Crippen molar-refractivity contribution < 1.29 is 14.3 Å². The van der Waals surface area contributed by atoms with Gasteiger partial charge in [0.15, 0.2) is 0 Å². The van der Waals surface area contributed by atoms with Crippen LogP contribution in [0.15, 0.2) is 35.3 Å². The summed E-state index contributed by atoms with van der Waals surface area (Å²) in [5.41, 5.74) is 1.50. The molecule has 0 saturated heterocycles. The Morgan fingerprint density at radius 1 is 1.45 bits per heavy atom. The van der Waals surface area contributed by atoms with E-state index < -0.39 is 5.97 Å². The van der Waals surface area contributed by atoms with Gasteiger partial charge in [-0.05, 0) is 41.9 Å². The van der Waals surface area contributed by atoms with Gasteiger partial charge < -0.3 is 9.64 Å². The number of nitrogens with zero attached hydrogens (tertiary/aromatic N) is 1. The average molecular weight is 340 g/mol. The standard InChI is InChI=1S/C15H18BrNO3/c1-4-8-17(10-14(18)20-5-2)15(19)12-9-11(3)6-7-13(12)16/h4,6-7,9H,1,5,8,10H2,2-3H3. The van der Waals surface area contributed by atoms with Crippen LogP contribution in [0.2, 0.25) is 0 Å². The molecular weight excluding hydrogens is 322 g/mol. The van der Waals surface area contributed by atoms with Crippen molar-refractivity contribution in [2.24, 2.45) is 0 Å². The molecular formula is C15H18BrNO3. The average Bonchev–Trinajstić information content (AvgIpc) is 2.40. The molecule has 20 heavy (non-hydrogen) atoms. The third-order valence-corrected chi connectivity index (χ3v) is 3.31. The van der Waals surface area contributed by atoms with Gasteiger partial charge in [0.05, 0.1) is 12.2 Å². The number of esters is 1. The van der Waals surface area contributed by atoms with Crippen molar-refractivity contribution in [2.45, 2.75) is 13.8 Å². The van der Waals surface area contributed by atoms with Crippen LogP contribution in [0, 0.1) is 6.92 Å². The molecule has 0 aliphatic carbocycles. The lowest BCUT2D eigenvalue weighted by Gasteiger charge is -2.21. The molecule has 0 unspecified atom stereocenters. The Hall–Kier alpha value is -1.62. The van der Waals surface area contributed by atoms with Crippen LogP contribution in [0.4, 0.5) is 0 Å². The lowest BCUT2D eigenvalue weighted by molar-refractivity contribution is -0.143. The second-order valence-electron chi connectivity index (χ2n) is 4.26. The van der Waals surface area contributed by atoms with Crippen LogP contribution >= 0.6 is 15.9 Å². The lowest BCUT2D eigenvalue weighted by atomic mass is 10.1. The number of carbonyl (C=O) groups is 2. The van der Waals surface area contributed by atoms with E-state index in [1.807, 2.05) is 19.1 Å². The second kappa shape index (κ2) is 7.85. The second-order valence-corrected chi connectivity index (χ2v) is 5.12. The van der Waals surface area contributed by atoms with Gasteiger partial charge in [0, 0.05) is 11.0 Å². The highest BCUT2D eigenvalue weighted by molar-refractivity contribution is 9.10. The fourth-order valence-corrected chi connectivity index (χ4v) is 2.13. The predicted molar refractivity (Wildman–Crippen MR) is 81.6 cm³/mol. The summed E-state index contributed by atoms with van der Waals surface area (Å²) >= 11 is 3.36. The van der Waals surface area contributed by atoms with Crippen molar-refractivity contribution in [3.8, 4) is 0 Å². The fourth-order valence-electron chi connectivity index (χ4n) is 1.71. The van der Waals surface area contributed by atoms with E-state index >= 15 is 0 Å². The molecule has 0 aromatic heterocycles. The first-order valence-corrected chi connectivity index (χ1v) is 7.10. The highest BCUT2D eigenvalue weighted by Crippen LogP contribution is 2.20. The van der Waals surface area contributed by atoms with E-state index in [2.05, 4.69) is 22.5 Å². The van der Waals surface area contributed by atoms with Crippen LogP contribution in [-0.4, -0.2) is 36.5 Å². The number of hydrogen-bond acceptors (Lipinski definition) is 3. The van der Waals surface area contributed by atoms with Gasteiger partial charge in [0.1, 0.15) is 6.54 Å². The Bertz CT molecular complexity index is 514. The smallest absolute Gasteiger partial charge is 0.325 e.